The number of ether oxygens (including phenoxy) is 1. The number of benzene rings is 1. The van der Waals surface area contributed by atoms with E-state index in [0.29, 0.717) is 15.7 Å². The van der Waals surface area contributed by atoms with Crippen LogP contribution in [-0.2, 0) is 4.74 Å². The topological polar surface area (TPSA) is 72.6 Å². The molecule has 15 heavy (non-hydrogen) atoms. The van der Waals surface area contributed by atoms with Crippen LogP contribution in [0, 0.1) is 13.7 Å². The fourth-order valence-electron chi connectivity index (χ4n) is 1.08. The zero-order chi connectivity index (χ0) is 11.4. The molecule has 0 saturated carbocycles. The van der Waals surface area contributed by atoms with E-state index in [9.17, 15) is 15.2 Å². The van der Waals surface area contributed by atoms with Crippen molar-refractivity contribution in [2.75, 3.05) is 6.61 Å². The Balaban J connectivity index is 3.02. The van der Waals surface area contributed by atoms with Crippen LogP contribution in [0.3, 0.4) is 0 Å². The molecular formula is C9H10INO4. The largest absolute Gasteiger partial charge is 0.364 e. The molecule has 0 aromatic heterocycles. The highest BCUT2D eigenvalue weighted by molar-refractivity contribution is 14.1. The number of hydrogen-bond donors (Lipinski definition) is 1. The van der Waals surface area contributed by atoms with Gasteiger partial charge >= 0.3 is 0 Å². The standard InChI is InChI=1S/C9H10INO4/c1-2-15-9(12)6-3-4-7(10)8(5-6)11(13)14/h3-5,9,12H,2H2,1H3. The van der Waals surface area contributed by atoms with Crippen molar-refractivity contribution in [1.82, 2.24) is 0 Å². The number of hydrogen-bond acceptors (Lipinski definition) is 4. The number of nitrogens with zero attached hydrogens (tertiary/aromatic N) is 1. The van der Waals surface area contributed by atoms with Crippen LogP contribution >= 0.6 is 22.6 Å². The first-order chi connectivity index (χ1) is 7.06. The zero-order valence-corrected chi connectivity index (χ0v) is 10.2. The van der Waals surface area contributed by atoms with Gasteiger partial charge in [-0.25, -0.2) is 0 Å². The molecule has 0 aliphatic carbocycles. The molecule has 5 nitrogen and oxygen atoms in total. The van der Waals surface area contributed by atoms with Crippen molar-refractivity contribution in [2.45, 2.75) is 13.2 Å². The summed E-state index contributed by atoms with van der Waals surface area (Å²) in [5.41, 5.74) is 0.371. The molecule has 1 N–H and O–H groups in total. The quantitative estimate of drug-likeness (QED) is 0.399. The lowest BCUT2D eigenvalue weighted by molar-refractivity contribution is -0.386. The molecule has 0 aliphatic rings. The molecule has 0 amide bonds. The molecule has 1 rings (SSSR count). The molecule has 0 fully saturated rings. The molecule has 0 radical (unpaired) electrons. The Bertz CT molecular complexity index is 369. The highest BCUT2D eigenvalue weighted by atomic mass is 127. The molecular weight excluding hydrogens is 313 g/mol. The highest BCUT2D eigenvalue weighted by Gasteiger charge is 2.16. The van der Waals surface area contributed by atoms with Crippen molar-refractivity contribution in [2.24, 2.45) is 0 Å². The van der Waals surface area contributed by atoms with E-state index in [-0.39, 0.29) is 5.69 Å². The summed E-state index contributed by atoms with van der Waals surface area (Å²) in [5, 5.41) is 20.1. The second-order valence-electron chi connectivity index (χ2n) is 2.78. The highest BCUT2D eigenvalue weighted by Crippen LogP contribution is 2.25. The van der Waals surface area contributed by atoms with Crippen LogP contribution in [0.4, 0.5) is 5.69 Å². The summed E-state index contributed by atoms with van der Waals surface area (Å²) in [6, 6.07) is 4.51. The van der Waals surface area contributed by atoms with E-state index in [0.717, 1.165) is 0 Å². The minimum atomic E-state index is -1.11. The van der Waals surface area contributed by atoms with E-state index in [1.54, 1.807) is 19.1 Å². The first-order valence-corrected chi connectivity index (χ1v) is 5.37. The van der Waals surface area contributed by atoms with Gasteiger partial charge in [-0.1, -0.05) is 6.07 Å². The minimum absolute atomic E-state index is 0.0214. The maximum atomic E-state index is 10.6. The molecule has 0 spiro atoms. The Kier molecular flexibility index (Phi) is 4.43. The van der Waals surface area contributed by atoms with Crippen molar-refractivity contribution in [3.63, 3.8) is 0 Å². The summed E-state index contributed by atoms with van der Waals surface area (Å²) < 4.78 is 5.47. The van der Waals surface area contributed by atoms with Gasteiger partial charge in [-0.2, -0.15) is 0 Å². The van der Waals surface area contributed by atoms with E-state index in [4.69, 9.17) is 4.74 Å². The summed E-state index contributed by atoms with van der Waals surface area (Å²) in [5.74, 6) is 0. The Morgan fingerprint density at radius 1 is 1.67 bits per heavy atom. The second-order valence-corrected chi connectivity index (χ2v) is 3.94. The molecule has 0 saturated heterocycles. The van der Waals surface area contributed by atoms with Gasteiger partial charge in [0.25, 0.3) is 5.69 Å². The molecule has 0 bridgehead atoms. The van der Waals surface area contributed by atoms with Crippen LogP contribution in [0.2, 0.25) is 0 Å². The summed E-state index contributed by atoms with van der Waals surface area (Å²) in [6.45, 7) is 2.09. The van der Waals surface area contributed by atoms with Gasteiger partial charge in [-0.15, -0.1) is 0 Å². The zero-order valence-electron chi connectivity index (χ0n) is 8.01. The third-order valence-corrected chi connectivity index (χ3v) is 2.69. The van der Waals surface area contributed by atoms with Gasteiger partial charge in [0.1, 0.15) is 0 Å². The maximum absolute atomic E-state index is 10.6. The Labute approximate surface area is 100 Å². The average molecular weight is 323 g/mol. The van der Waals surface area contributed by atoms with E-state index >= 15 is 0 Å². The lowest BCUT2D eigenvalue weighted by Crippen LogP contribution is -2.04. The molecule has 0 heterocycles. The van der Waals surface area contributed by atoms with Crippen molar-refractivity contribution in [3.8, 4) is 0 Å². The third kappa shape index (κ3) is 3.11. The first kappa shape index (κ1) is 12.3. The van der Waals surface area contributed by atoms with Crippen molar-refractivity contribution >= 4 is 28.3 Å². The molecule has 6 heteroatoms. The number of aliphatic hydroxyl groups is 1. The Morgan fingerprint density at radius 2 is 2.33 bits per heavy atom. The van der Waals surface area contributed by atoms with E-state index < -0.39 is 11.2 Å². The molecule has 82 valence electrons. The van der Waals surface area contributed by atoms with Gasteiger partial charge in [-0.3, -0.25) is 10.1 Å². The summed E-state index contributed by atoms with van der Waals surface area (Å²) in [7, 11) is 0. The SMILES string of the molecule is CCOC(O)c1ccc(I)c([N+](=O)[O-])c1. The molecule has 1 aromatic rings. The number of aliphatic hydroxyl groups excluding tert-OH is 1. The Morgan fingerprint density at radius 3 is 2.87 bits per heavy atom. The van der Waals surface area contributed by atoms with E-state index in [1.165, 1.54) is 6.07 Å². The van der Waals surface area contributed by atoms with Crippen molar-refractivity contribution in [3.05, 3.63) is 37.4 Å². The monoisotopic (exact) mass is 323 g/mol. The number of nitro benzene ring substituents is 1. The smallest absolute Gasteiger partial charge is 0.283 e. The normalized spacial score (nSPS) is 12.5. The predicted octanol–water partition coefficient (Wildman–Crippen LogP) is 2.23. The predicted molar refractivity (Wildman–Crippen MR) is 62.4 cm³/mol. The van der Waals surface area contributed by atoms with E-state index in [1.807, 2.05) is 22.6 Å². The minimum Gasteiger partial charge on any atom is -0.364 e. The second kappa shape index (κ2) is 5.38. The van der Waals surface area contributed by atoms with Gasteiger partial charge in [0.2, 0.25) is 0 Å². The van der Waals surface area contributed by atoms with Gasteiger partial charge in [-0.05, 0) is 35.6 Å². The maximum Gasteiger partial charge on any atom is 0.283 e. The van der Waals surface area contributed by atoms with Crippen molar-refractivity contribution < 1.29 is 14.8 Å². The van der Waals surface area contributed by atoms with Crippen LogP contribution in [0.15, 0.2) is 18.2 Å². The van der Waals surface area contributed by atoms with Gasteiger partial charge in [0.15, 0.2) is 6.29 Å². The Hall–Kier alpha value is -0.730. The lowest BCUT2D eigenvalue weighted by Gasteiger charge is -2.10. The molecule has 0 aliphatic heterocycles. The number of halogens is 1. The van der Waals surface area contributed by atoms with Crippen LogP contribution in [0.5, 0.6) is 0 Å². The van der Waals surface area contributed by atoms with Crippen molar-refractivity contribution in [1.29, 1.82) is 0 Å². The van der Waals surface area contributed by atoms with Crippen LogP contribution < -0.4 is 0 Å². The lowest BCUT2D eigenvalue weighted by atomic mass is 10.2. The van der Waals surface area contributed by atoms with Crippen LogP contribution in [-0.4, -0.2) is 16.6 Å². The van der Waals surface area contributed by atoms with Crippen LogP contribution in [0.25, 0.3) is 0 Å². The first-order valence-electron chi connectivity index (χ1n) is 4.29. The third-order valence-electron chi connectivity index (χ3n) is 1.78. The summed E-state index contributed by atoms with van der Waals surface area (Å²) in [4.78, 5) is 10.2. The molecule has 1 atom stereocenters. The molecule has 1 aromatic carbocycles. The van der Waals surface area contributed by atoms with Gasteiger partial charge in [0, 0.05) is 18.2 Å². The number of nitro groups is 1. The fraction of sp³-hybridized carbons (Fsp3) is 0.333. The van der Waals surface area contributed by atoms with Gasteiger partial charge < -0.3 is 9.84 Å². The molecule has 1 unspecified atom stereocenters. The summed E-state index contributed by atoms with van der Waals surface area (Å²) >= 11 is 1.87. The van der Waals surface area contributed by atoms with Crippen LogP contribution in [0.1, 0.15) is 18.8 Å². The fourth-order valence-corrected chi connectivity index (χ4v) is 1.61. The number of rotatable bonds is 4. The average Bonchev–Trinajstić information content (AvgIpc) is 2.18. The van der Waals surface area contributed by atoms with E-state index in [2.05, 4.69) is 0 Å². The summed E-state index contributed by atoms with van der Waals surface area (Å²) in [6.07, 6.45) is -1.11. The van der Waals surface area contributed by atoms with Gasteiger partial charge in [0.05, 0.1) is 8.49 Å².